The summed E-state index contributed by atoms with van der Waals surface area (Å²) < 4.78 is 5.47. The van der Waals surface area contributed by atoms with Crippen LogP contribution in [-0.2, 0) is 26.4 Å². The van der Waals surface area contributed by atoms with Gasteiger partial charge in [0, 0.05) is 0 Å². The summed E-state index contributed by atoms with van der Waals surface area (Å²) in [5, 5.41) is 0. The van der Waals surface area contributed by atoms with Gasteiger partial charge in [0.25, 0.3) is 0 Å². The number of rotatable bonds is 2. The van der Waals surface area contributed by atoms with E-state index in [4.69, 9.17) is 4.74 Å². The van der Waals surface area contributed by atoms with Crippen molar-refractivity contribution in [2.75, 3.05) is 0 Å². The lowest BCUT2D eigenvalue weighted by Crippen LogP contribution is -2.24. The van der Waals surface area contributed by atoms with E-state index in [1.807, 2.05) is 12.1 Å². The van der Waals surface area contributed by atoms with Crippen LogP contribution < -0.4 is 0 Å². The third kappa shape index (κ3) is 6.34. The van der Waals surface area contributed by atoms with Crippen molar-refractivity contribution in [1.82, 2.24) is 0 Å². The molecule has 0 radical (unpaired) electrons. The Bertz CT molecular complexity index is 960. The van der Waals surface area contributed by atoms with Gasteiger partial charge in [0.15, 0.2) is 0 Å². The maximum atomic E-state index is 13.2. The zero-order valence-electron chi connectivity index (χ0n) is 22.7. The van der Waals surface area contributed by atoms with Gasteiger partial charge in [-0.1, -0.05) is 107 Å². The molecule has 0 spiro atoms. The largest absolute Gasteiger partial charge is 0.386 e. The van der Waals surface area contributed by atoms with E-state index in [1.54, 1.807) is 12.1 Å². The molecule has 180 valence electrons. The first-order valence-electron chi connectivity index (χ1n) is 11.8. The Labute approximate surface area is 200 Å². The predicted octanol–water partition coefficient (Wildman–Crippen LogP) is 7.87. The second-order valence-electron chi connectivity index (χ2n) is 13.2. The predicted molar refractivity (Wildman–Crippen MR) is 137 cm³/mol. The zero-order chi connectivity index (χ0) is 25.6. The van der Waals surface area contributed by atoms with Crippen LogP contribution >= 0.6 is 0 Å². The topological polar surface area (TPSA) is 43.4 Å². The number of hydrogen-bond donors (Lipinski definition) is 0. The van der Waals surface area contributed by atoms with Gasteiger partial charge < -0.3 is 4.74 Å². The van der Waals surface area contributed by atoms with E-state index < -0.39 is 11.9 Å². The molecule has 0 bridgehead atoms. The summed E-state index contributed by atoms with van der Waals surface area (Å²) in [7, 11) is 0. The Morgan fingerprint density at radius 1 is 0.515 bits per heavy atom. The van der Waals surface area contributed by atoms with Crippen LogP contribution in [0.2, 0.25) is 0 Å². The standard InChI is InChI=1S/C30H42O3/c1-27(2,3)19-13-15-21(23(17-19)29(7,8)9)25(31)33-26(32)22-16-14-20(28(4,5)6)18-24(22)30(10,11)12/h13-18H,1-12H3. The monoisotopic (exact) mass is 450 g/mol. The first kappa shape index (κ1) is 26.8. The van der Waals surface area contributed by atoms with Crippen LogP contribution in [0.15, 0.2) is 36.4 Å². The van der Waals surface area contributed by atoms with Gasteiger partial charge in [-0.25, -0.2) is 9.59 Å². The van der Waals surface area contributed by atoms with Gasteiger partial charge in [-0.15, -0.1) is 0 Å². The molecular weight excluding hydrogens is 408 g/mol. The van der Waals surface area contributed by atoms with Crippen LogP contribution in [0.25, 0.3) is 0 Å². The van der Waals surface area contributed by atoms with Crippen LogP contribution in [0.1, 0.15) is 126 Å². The lowest BCUT2D eigenvalue weighted by atomic mass is 9.78. The fourth-order valence-electron chi connectivity index (χ4n) is 3.81. The summed E-state index contributed by atoms with van der Waals surface area (Å²) in [5.74, 6) is -1.21. The molecule has 0 aromatic heterocycles. The van der Waals surface area contributed by atoms with Crippen molar-refractivity contribution >= 4 is 11.9 Å². The van der Waals surface area contributed by atoms with Gasteiger partial charge in [0.05, 0.1) is 11.1 Å². The van der Waals surface area contributed by atoms with Crippen molar-refractivity contribution < 1.29 is 14.3 Å². The summed E-state index contributed by atoms with van der Waals surface area (Å²) in [4.78, 5) is 26.4. The summed E-state index contributed by atoms with van der Waals surface area (Å²) in [6.45, 7) is 25.3. The Morgan fingerprint density at radius 3 is 1.06 bits per heavy atom. The highest BCUT2D eigenvalue weighted by molar-refractivity contribution is 6.04. The molecule has 2 aromatic rings. The Hall–Kier alpha value is -2.42. The maximum Gasteiger partial charge on any atom is 0.346 e. The quantitative estimate of drug-likeness (QED) is 0.345. The van der Waals surface area contributed by atoms with E-state index in [0.717, 1.165) is 22.3 Å². The molecule has 0 saturated heterocycles. The molecular formula is C30H42O3. The second-order valence-corrected chi connectivity index (χ2v) is 13.2. The fourth-order valence-corrected chi connectivity index (χ4v) is 3.81. The van der Waals surface area contributed by atoms with Crippen LogP contribution in [0.4, 0.5) is 0 Å². The molecule has 0 heterocycles. The van der Waals surface area contributed by atoms with E-state index in [9.17, 15) is 9.59 Å². The summed E-state index contributed by atoms with van der Waals surface area (Å²) in [5.41, 5.74) is 4.28. The lowest BCUT2D eigenvalue weighted by Gasteiger charge is -2.27. The minimum atomic E-state index is -0.606. The molecule has 0 aliphatic carbocycles. The molecule has 3 nitrogen and oxygen atoms in total. The highest BCUT2D eigenvalue weighted by atomic mass is 16.6. The van der Waals surface area contributed by atoms with Gasteiger partial charge >= 0.3 is 11.9 Å². The van der Waals surface area contributed by atoms with Crippen LogP contribution in [0.5, 0.6) is 0 Å². The molecule has 2 rings (SSSR count). The number of benzene rings is 2. The van der Waals surface area contributed by atoms with Crippen molar-refractivity contribution in [3.63, 3.8) is 0 Å². The van der Waals surface area contributed by atoms with Crippen molar-refractivity contribution in [1.29, 1.82) is 0 Å². The van der Waals surface area contributed by atoms with Gasteiger partial charge in [-0.3, -0.25) is 0 Å². The van der Waals surface area contributed by atoms with E-state index in [2.05, 4.69) is 95.2 Å². The fraction of sp³-hybridized carbons (Fsp3) is 0.533. The van der Waals surface area contributed by atoms with Crippen molar-refractivity contribution in [2.24, 2.45) is 0 Å². The van der Waals surface area contributed by atoms with E-state index in [1.165, 1.54) is 0 Å². The first-order chi connectivity index (χ1) is 14.7. The van der Waals surface area contributed by atoms with E-state index >= 15 is 0 Å². The van der Waals surface area contributed by atoms with Crippen LogP contribution in [0, 0.1) is 0 Å². The molecule has 0 fully saturated rings. The SMILES string of the molecule is CC(C)(C)c1ccc(C(=O)OC(=O)c2ccc(C(C)(C)C)cc2C(C)(C)C)c(C(C)(C)C)c1. The van der Waals surface area contributed by atoms with Gasteiger partial charge in [0.1, 0.15) is 0 Å². The van der Waals surface area contributed by atoms with Crippen molar-refractivity contribution in [3.8, 4) is 0 Å². The Kier molecular flexibility index (Phi) is 7.11. The molecule has 33 heavy (non-hydrogen) atoms. The molecule has 0 amide bonds. The molecule has 3 heteroatoms. The van der Waals surface area contributed by atoms with E-state index in [-0.39, 0.29) is 21.7 Å². The zero-order valence-corrected chi connectivity index (χ0v) is 22.7. The normalized spacial score (nSPS) is 13.1. The van der Waals surface area contributed by atoms with Crippen LogP contribution in [-0.4, -0.2) is 11.9 Å². The van der Waals surface area contributed by atoms with Gasteiger partial charge in [-0.2, -0.15) is 0 Å². The second kappa shape index (κ2) is 8.74. The highest BCUT2D eigenvalue weighted by Gasteiger charge is 2.30. The molecule has 0 atom stereocenters. The summed E-state index contributed by atoms with van der Waals surface area (Å²) >= 11 is 0. The third-order valence-electron chi connectivity index (χ3n) is 6.01. The number of hydrogen-bond acceptors (Lipinski definition) is 3. The lowest BCUT2D eigenvalue weighted by molar-refractivity contribution is 0.0394. The minimum Gasteiger partial charge on any atom is -0.386 e. The maximum absolute atomic E-state index is 13.2. The molecule has 0 N–H and O–H groups in total. The minimum absolute atomic E-state index is 0.0470. The Balaban J connectivity index is 2.49. The average molecular weight is 451 g/mol. The summed E-state index contributed by atoms with van der Waals surface area (Å²) in [6.07, 6.45) is 0. The van der Waals surface area contributed by atoms with Crippen molar-refractivity contribution in [2.45, 2.75) is 105 Å². The number of carbonyl (C=O) groups excluding carboxylic acids is 2. The third-order valence-corrected chi connectivity index (χ3v) is 6.01. The summed E-state index contributed by atoms with van der Waals surface area (Å²) in [6, 6.07) is 11.6. The smallest absolute Gasteiger partial charge is 0.346 e. The number of esters is 2. The number of carbonyl (C=O) groups is 2. The van der Waals surface area contributed by atoms with Crippen LogP contribution in [0.3, 0.4) is 0 Å². The van der Waals surface area contributed by atoms with Gasteiger partial charge in [0.2, 0.25) is 0 Å². The molecule has 0 unspecified atom stereocenters. The Morgan fingerprint density at radius 2 is 0.818 bits per heavy atom. The molecule has 0 aliphatic heterocycles. The molecule has 0 saturated carbocycles. The van der Waals surface area contributed by atoms with Gasteiger partial charge in [-0.05, 0) is 56.0 Å². The molecule has 0 aliphatic rings. The van der Waals surface area contributed by atoms with Crippen molar-refractivity contribution in [3.05, 3.63) is 69.8 Å². The average Bonchev–Trinajstić information content (AvgIpc) is 2.64. The van der Waals surface area contributed by atoms with E-state index in [0.29, 0.717) is 11.1 Å². The number of ether oxygens (including phenoxy) is 1. The highest BCUT2D eigenvalue weighted by Crippen LogP contribution is 2.34. The molecule has 2 aromatic carbocycles. The first-order valence-corrected chi connectivity index (χ1v) is 11.8.